The minimum Gasteiger partial charge on any atom is -0.311 e. The lowest BCUT2D eigenvalue weighted by Crippen LogP contribution is -2.36. The molecule has 1 fully saturated rings. The Kier molecular flexibility index (Phi) is 7.42. The molecule has 0 bridgehead atoms. The minimum atomic E-state index is 0.0962. The monoisotopic (exact) mass is 433 g/mol. The molecule has 1 heterocycles. The van der Waals surface area contributed by atoms with Gasteiger partial charge in [-0.15, -0.1) is 0 Å². The number of hydrogen-bond donors (Lipinski definition) is 0. The van der Waals surface area contributed by atoms with Gasteiger partial charge in [0, 0.05) is 28.5 Å². The molecule has 1 atom stereocenters. The van der Waals surface area contributed by atoms with Crippen LogP contribution < -0.4 is 4.90 Å². The van der Waals surface area contributed by atoms with Crippen molar-refractivity contribution in [2.75, 3.05) is 11.4 Å². The van der Waals surface area contributed by atoms with Crippen molar-refractivity contribution in [3.8, 4) is 0 Å². The van der Waals surface area contributed by atoms with Crippen molar-refractivity contribution in [1.29, 1.82) is 0 Å². The summed E-state index contributed by atoms with van der Waals surface area (Å²) in [5.74, 6) is 1.14. The third-order valence-corrected chi connectivity index (χ3v) is 7.16. The predicted octanol–water partition coefficient (Wildman–Crippen LogP) is 7.38. The number of nitrogens with zero attached hydrogens (tertiary/aromatic N) is 1. The Hall–Kier alpha value is -0.830. The van der Waals surface area contributed by atoms with E-state index in [1.165, 1.54) is 69.8 Å². The number of halogens is 1. The van der Waals surface area contributed by atoms with E-state index in [0.29, 0.717) is 12.3 Å². The van der Waals surface area contributed by atoms with Crippen LogP contribution in [0.4, 0.5) is 5.69 Å². The molecule has 1 aromatic rings. The first-order chi connectivity index (χ1) is 13.0. The van der Waals surface area contributed by atoms with E-state index in [9.17, 15) is 4.79 Å². The van der Waals surface area contributed by atoms with Crippen molar-refractivity contribution in [2.45, 2.75) is 96.3 Å². The zero-order chi connectivity index (χ0) is 19.3. The molecule has 1 saturated carbocycles. The number of amides is 1. The van der Waals surface area contributed by atoms with Gasteiger partial charge in [-0.25, -0.2) is 0 Å². The summed E-state index contributed by atoms with van der Waals surface area (Å²) < 4.78 is 1.13. The number of unbranched alkanes of at least 4 members (excludes halogenated alkanes) is 4. The number of anilines is 1. The minimum absolute atomic E-state index is 0.0962. The summed E-state index contributed by atoms with van der Waals surface area (Å²) in [5.41, 5.74) is 2.63. The fourth-order valence-corrected chi connectivity index (χ4v) is 5.55. The second-order valence-electron chi connectivity index (χ2n) is 9.07. The van der Waals surface area contributed by atoms with E-state index < -0.39 is 0 Å². The average Bonchev–Trinajstić information content (AvgIpc) is 2.94. The summed E-state index contributed by atoms with van der Waals surface area (Å²) in [6.07, 6.45) is 14.8. The molecule has 150 valence electrons. The summed E-state index contributed by atoms with van der Waals surface area (Å²) in [7, 11) is 0. The second-order valence-corrected chi connectivity index (χ2v) is 9.99. The lowest BCUT2D eigenvalue weighted by Gasteiger charge is -2.32. The topological polar surface area (TPSA) is 20.3 Å². The molecular formula is C24H36BrNO. The van der Waals surface area contributed by atoms with Crippen LogP contribution in [0, 0.1) is 5.92 Å². The standard InChI is InChI=1S/C24H36BrNO/c1-3-4-5-6-10-13-23(27)26-18-24(2,17-19-11-8-7-9-12-19)21-16-20(25)14-15-22(21)26/h14-16,19H,3-13,17-18H2,1-2H3. The summed E-state index contributed by atoms with van der Waals surface area (Å²) in [6, 6.07) is 6.51. The van der Waals surface area contributed by atoms with E-state index >= 15 is 0 Å². The molecule has 3 rings (SSSR count). The number of carbonyl (C=O) groups excluding carboxylic acids is 1. The van der Waals surface area contributed by atoms with Gasteiger partial charge in [0.2, 0.25) is 5.91 Å². The zero-order valence-electron chi connectivity index (χ0n) is 17.2. The summed E-state index contributed by atoms with van der Waals surface area (Å²) in [5, 5.41) is 0. The third kappa shape index (κ3) is 5.16. The molecule has 0 N–H and O–H groups in total. The van der Waals surface area contributed by atoms with Gasteiger partial charge in [-0.05, 0) is 42.5 Å². The number of fused-ring (bicyclic) bond motifs is 1. The molecule has 0 saturated heterocycles. The van der Waals surface area contributed by atoms with Gasteiger partial charge in [0.05, 0.1) is 0 Å². The smallest absolute Gasteiger partial charge is 0.227 e. The second kappa shape index (κ2) is 9.58. The van der Waals surface area contributed by atoms with E-state index in [1.807, 2.05) is 0 Å². The number of carbonyl (C=O) groups is 1. The molecule has 3 heteroatoms. The quantitative estimate of drug-likeness (QED) is 0.391. The van der Waals surface area contributed by atoms with Crippen LogP contribution in [-0.4, -0.2) is 12.5 Å². The SMILES string of the molecule is CCCCCCCC(=O)N1CC(C)(CC2CCCCC2)c2cc(Br)ccc21. The fraction of sp³-hybridized carbons (Fsp3) is 0.708. The Bertz CT molecular complexity index is 637. The zero-order valence-corrected chi connectivity index (χ0v) is 18.8. The van der Waals surface area contributed by atoms with Crippen molar-refractivity contribution in [3.05, 3.63) is 28.2 Å². The number of rotatable bonds is 8. The van der Waals surface area contributed by atoms with E-state index in [0.717, 1.165) is 29.0 Å². The van der Waals surface area contributed by atoms with Gasteiger partial charge >= 0.3 is 0 Å². The molecule has 0 aromatic heterocycles. The number of hydrogen-bond acceptors (Lipinski definition) is 1. The molecule has 1 unspecified atom stereocenters. The first-order valence-corrected chi connectivity index (χ1v) is 11.9. The highest BCUT2D eigenvalue weighted by Gasteiger charge is 2.42. The van der Waals surface area contributed by atoms with Crippen molar-refractivity contribution in [2.24, 2.45) is 5.92 Å². The van der Waals surface area contributed by atoms with E-state index in [-0.39, 0.29) is 5.41 Å². The van der Waals surface area contributed by atoms with E-state index in [2.05, 4.69) is 52.9 Å². The molecule has 1 aliphatic carbocycles. The average molecular weight is 434 g/mol. The van der Waals surface area contributed by atoms with Crippen LogP contribution in [0.25, 0.3) is 0 Å². The maximum absolute atomic E-state index is 13.0. The lowest BCUT2D eigenvalue weighted by atomic mass is 9.73. The molecule has 0 radical (unpaired) electrons. The van der Waals surface area contributed by atoms with Crippen molar-refractivity contribution in [1.82, 2.24) is 0 Å². The Labute approximate surface area is 174 Å². The van der Waals surface area contributed by atoms with E-state index in [4.69, 9.17) is 0 Å². The Morgan fingerprint density at radius 2 is 1.89 bits per heavy atom. The summed E-state index contributed by atoms with van der Waals surface area (Å²) >= 11 is 3.66. The highest BCUT2D eigenvalue weighted by molar-refractivity contribution is 9.10. The molecule has 27 heavy (non-hydrogen) atoms. The Morgan fingerprint density at radius 3 is 2.63 bits per heavy atom. The van der Waals surface area contributed by atoms with Crippen LogP contribution in [0.3, 0.4) is 0 Å². The Balaban J connectivity index is 1.70. The van der Waals surface area contributed by atoms with Crippen LogP contribution in [-0.2, 0) is 10.2 Å². The normalized spacial score (nSPS) is 22.9. The van der Waals surface area contributed by atoms with E-state index in [1.54, 1.807) is 0 Å². The maximum atomic E-state index is 13.0. The molecule has 1 aliphatic heterocycles. The summed E-state index contributed by atoms with van der Waals surface area (Å²) in [4.78, 5) is 15.1. The predicted molar refractivity (Wildman–Crippen MR) is 118 cm³/mol. The van der Waals surface area contributed by atoms with Crippen LogP contribution in [0.5, 0.6) is 0 Å². The van der Waals surface area contributed by atoms with Crippen LogP contribution >= 0.6 is 15.9 Å². The summed E-state index contributed by atoms with van der Waals surface area (Å²) in [6.45, 7) is 5.49. The number of benzene rings is 1. The molecule has 2 nitrogen and oxygen atoms in total. The first kappa shape index (κ1) is 20.9. The highest BCUT2D eigenvalue weighted by atomic mass is 79.9. The van der Waals surface area contributed by atoms with Crippen molar-refractivity contribution < 1.29 is 4.79 Å². The van der Waals surface area contributed by atoms with Gasteiger partial charge in [0.15, 0.2) is 0 Å². The van der Waals surface area contributed by atoms with Crippen LogP contribution in [0.2, 0.25) is 0 Å². The van der Waals surface area contributed by atoms with Gasteiger partial charge in [0.25, 0.3) is 0 Å². The van der Waals surface area contributed by atoms with Crippen molar-refractivity contribution >= 4 is 27.5 Å². The van der Waals surface area contributed by atoms with Gasteiger partial charge in [-0.2, -0.15) is 0 Å². The molecular weight excluding hydrogens is 398 g/mol. The maximum Gasteiger partial charge on any atom is 0.227 e. The molecule has 0 spiro atoms. The van der Waals surface area contributed by atoms with Gasteiger partial charge in [-0.1, -0.05) is 87.6 Å². The van der Waals surface area contributed by atoms with Gasteiger partial charge < -0.3 is 4.90 Å². The molecule has 1 aromatic carbocycles. The largest absolute Gasteiger partial charge is 0.311 e. The first-order valence-electron chi connectivity index (χ1n) is 11.1. The van der Waals surface area contributed by atoms with Gasteiger partial charge in [0.1, 0.15) is 0 Å². The third-order valence-electron chi connectivity index (χ3n) is 6.67. The lowest BCUT2D eigenvalue weighted by molar-refractivity contribution is -0.118. The Morgan fingerprint density at radius 1 is 1.15 bits per heavy atom. The van der Waals surface area contributed by atoms with Crippen LogP contribution in [0.1, 0.15) is 96.5 Å². The van der Waals surface area contributed by atoms with Crippen molar-refractivity contribution in [3.63, 3.8) is 0 Å². The van der Waals surface area contributed by atoms with Gasteiger partial charge in [-0.3, -0.25) is 4.79 Å². The fourth-order valence-electron chi connectivity index (χ4n) is 5.19. The highest BCUT2D eigenvalue weighted by Crippen LogP contribution is 2.47. The van der Waals surface area contributed by atoms with Crippen LogP contribution in [0.15, 0.2) is 22.7 Å². The molecule has 1 amide bonds. The molecule has 2 aliphatic rings.